The largest absolute Gasteiger partial charge is 0.385 e. The molecule has 1 fully saturated rings. The number of hydrogen-bond acceptors (Lipinski definition) is 2. The van der Waals surface area contributed by atoms with Crippen LogP contribution in [0.25, 0.3) is 0 Å². The second kappa shape index (κ2) is 6.44. The molecule has 2 nitrogen and oxygen atoms in total. The van der Waals surface area contributed by atoms with Crippen LogP contribution in [-0.4, -0.2) is 26.3 Å². The summed E-state index contributed by atoms with van der Waals surface area (Å²) in [7, 11) is 1.77. The van der Waals surface area contributed by atoms with Crippen molar-refractivity contribution in [2.45, 2.75) is 44.6 Å². The van der Waals surface area contributed by atoms with Crippen LogP contribution in [0, 0.1) is 0 Å². The van der Waals surface area contributed by atoms with Gasteiger partial charge in [-0.1, -0.05) is 12.8 Å². The Morgan fingerprint density at radius 1 is 1.25 bits per heavy atom. The van der Waals surface area contributed by atoms with Crippen molar-refractivity contribution in [1.82, 2.24) is 5.32 Å². The molecular weight excluding hydrogens is 150 g/mol. The van der Waals surface area contributed by atoms with E-state index in [4.69, 9.17) is 4.74 Å². The van der Waals surface area contributed by atoms with E-state index in [2.05, 4.69) is 5.32 Å². The molecule has 0 aromatic carbocycles. The van der Waals surface area contributed by atoms with Crippen molar-refractivity contribution < 1.29 is 4.74 Å². The summed E-state index contributed by atoms with van der Waals surface area (Å²) in [5, 5.41) is 3.58. The van der Waals surface area contributed by atoms with Crippen molar-refractivity contribution in [1.29, 1.82) is 0 Å². The van der Waals surface area contributed by atoms with E-state index in [9.17, 15) is 0 Å². The van der Waals surface area contributed by atoms with Gasteiger partial charge in [-0.05, 0) is 32.2 Å². The molecule has 0 aromatic rings. The van der Waals surface area contributed by atoms with Gasteiger partial charge in [0.25, 0.3) is 0 Å². The predicted octanol–water partition coefficient (Wildman–Crippen LogP) is 1.95. The lowest BCUT2D eigenvalue weighted by atomic mass is 10.2. The molecule has 1 aliphatic rings. The second-order valence-electron chi connectivity index (χ2n) is 3.64. The van der Waals surface area contributed by atoms with Crippen LogP contribution < -0.4 is 5.32 Å². The summed E-state index contributed by atoms with van der Waals surface area (Å²) in [6.45, 7) is 2.08. The van der Waals surface area contributed by atoms with Crippen molar-refractivity contribution in [2.75, 3.05) is 20.3 Å². The van der Waals surface area contributed by atoms with E-state index in [1.54, 1.807) is 7.11 Å². The Morgan fingerprint density at radius 3 is 2.67 bits per heavy atom. The first-order valence-electron chi connectivity index (χ1n) is 5.16. The van der Waals surface area contributed by atoms with Crippen LogP contribution in [0.5, 0.6) is 0 Å². The molecular formula is C10H21NO. The fraction of sp³-hybridized carbons (Fsp3) is 1.00. The summed E-state index contributed by atoms with van der Waals surface area (Å²) in [4.78, 5) is 0. The fourth-order valence-corrected chi connectivity index (χ4v) is 1.81. The number of unbranched alkanes of at least 4 members (excludes halogenated alkanes) is 1. The molecule has 0 heterocycles. The highest BCUT2D eigenvalue weighted by atomic mass is 16.5. The van der Waals surface area contributed by atoms with Crippen LogP contribution in [-0.2, 0) is 4.74 Å². The maximum absolute atomic E-state index is 4.99. The minimum atomic E-state index is 0.826. The average molecular weight is 171 g/mol. The summed E-state index contributed by atoms with van der Waals surface area (Å²) >= 11 is 0. The van der Waals surface area contributed by atoms with Crippen LogP contribution in [0.1, 0.15) is 38.5 Å². The van der Waals surface area contributed by atoms with Gasteiger partial charge < -0.3 is 10.1 Å². The average Bonchev–Trinajstić information content (AvgIpc) is 2.57. The lowest BCUT2D eigenvalue weighted by Gasteiger charge is -2.10. The maximum Gasteiger partial charge on any atom is 0.0462 e. The van der Waals surface area contributed by atoms with Crippen LogP contribution in [0.15, 0.2) is 0 Å². The molecule has 0 amide bonds. The van der Waals surface area contributed by atoms with Crippen molar-refractivity contribution in [2.24, 2.45) is 0 Å². The zero-order valence-corrected chi connectivity index (χ0v) is 8.14. The van der Waals surface area contributed by atoms with Gasteiger partial charge in [-0.25, -0.2) is 0 Å². The van der Waals surface area contributed by atoms with Gasteiger partial charge >= 0.3 is 0 Å². The molecule has 0 unspecified atom stereocenters. The van der Waals surface area contributed by atoms with Gasteiger partial charge in [-0.15, -0.1) is 0 Å². The Hall–Kier alpha value is -0.0800. The fourth-order valence-electron chi connectivity index (χ4n) is 1.81. The first kappa shape index (κ1) is 10.0. The molecule has 0 atom stereocenters. The molecule has 0 aliphatic heterocycles. The van der Waals surface area contributed by atoms with E-state index in [0.29, 0.717) is 0 Å². The van der Waals surface area contributed by atoms with Gasteiger partial charge in [-0.3, -0.25) is 0 Å². The zero-order chi connectivity index (χ0) is 8.65. The summed E-state index contributed by atoms with van der Waals surface area (Å²) in [6, 6.07) is 0.826. The van der Waals surface area contributed by atoms with Crippen molar-refractivity contribution >= 4 is 0 Å². The van der Waals surface area contributed by atoms with Gasteiger partial charge in [0, 0.05) is 19.8 Å². The smallest absolute Gasteiger partial charge is 0.0462 e. The minimum absolute atomic E-state index is 0.826. The molecule has 0 saturated heterocycles. The molecule has 0 bridgehead atoms. The van der Waals surface area contributed by atoms with E-state index >= 15 is 0 Å². The molecule has 2 heteroatoms. The lowest BCUT2D eigenvalue weighted by Crippen LogP contribution is -2.26. The van der Waals surface area contributed by atoms with Crippen LogP contribution >= 0.6 is 0 Å². The van der Waals surface area contributed by atoms with Crippen LogP contribution in [0.2, 0.25) is 0 Å². The highest BCUT2D eigenvalue weighted by Gasteiger charge is 2.12. The Kier molecular flexibility index (Phi) is 5.37. The third-order valence-corrected chi connectivity index (χ3v) is 2.56. The van der Waals surface area contributed by atoms with Gasteiger partial charge in [0.1, 0.15) is 0 Å². The number of rotatable bonds is 6. The van der Waals surface area contributed by atoms with Gasteiger partial charge in [-0.2, -0.15) is 0 Å². The molecule has 0 radical (unpaired) electrons. The van der Waals surface area contributed by atoms with Crippen molar-refractivity contribution in [3.8, 4) is 0 Å². The topological polar surface area (TPSA) is 21.3 Å². The molecule has 0 aromatic heterocycles. The number of hydrogen-bond donors (Lipinski definition) is 1. The second-order valence-corrected chi connectivity index (χ2v) is 3.64. The molecule has 12 heavy (non-hydrogen) atoms. The number of nitrogens with one attached hydrogen (secondary N) is 1. The molecule has 0 spiro atoms. The molecule has 1 saturated carbocycles. The molecule has 1 aliphatic carbocycles. The van der Waals surface area contributed by atoms with E-state index in [0.717, 1.165) is 12.6 Å². The number of ether oxygens (including phenoxy) is 1. The SMILES string of the molecule is COCCCCNC1CCCC1. The molecule has 72 valence electrons. The molecule has 1 rings (SSSR count). The third kappa shape index (κ3) is 4.07. The molecule has 1 N–H and O–H groups in total. The lowest BCUT2D eigenvalue weighted by molar-refractivity contribution is 0.192. The van der Waals surface area contributed by atoms with Crippen LogP contribution in [0.4, 0.5) is 0 Å². The van der Waals surface area contributed by atoms with E-state index in [-0.39, 0.29) is 0 Å². The quantitative estimate of drug-likeness (QED) is 0.617. The maximum atomic E-state index is 4.99. The summed E-state index contributed by atoms with van der Waals surface area (Å²) in [5.41, 5.74) is 0. The van der Waals surface area contributed by atoms with Crippen LogP contribution in [0.3, 0.4) is 0 Å². The van der Waals surface area contributed by atoms with Gasteiger partial charge in [0.05, 0.1) is 0 Å². The highest BCUT2D eigenvalue weighted by molar-refractivity contribution is 4.72. The zero-order valence-electron chi connectivity index (χ0n) is 8.14. The standard InChI is InChI=1S/C10H21NO/c1-12-9-5-4-8-11-10-6-2-3-7-10/h10-11H,2-9H2,1H3. The van der Waals surface area contributed by atoms with E-state index in [1.807, 2.05) is 0 Å². The normalized spacial score (nSPS) is 18.8. The van der Waals surface area contributed by atoms with Crippen molar-refractivity contribution in [3.63, 3.8) is 0 Å². The summed E-state index contributed by atoms with van der Waals surface area (Å²) in [5.74, 6) is 0. The predicted molar refractivity (Wildman–Crippen MR) is 51.4 cm³/mol. The Labute approximate surface area is 75.7 Å². The first-order valence-corrected chi connectivity index (χ1v) is 5.16. The van der Waals surface area contributed by atoms with Gasteiger partial charge in [0.2, 0.25) is 0 Å². The van der Waals surface area contributed by atoms with E-state index < -0.39 is 0 Å². The Balaban J connectivity index is 1.81. The Bertz CT molecular complexity index is 100. The number of methoxy groups -OCH3 is 1. The third-order valence-electron chi connectivity index (χ3n) is 2.56. The monoisotopic (exact) mass is 171 g/mol. The Morgan fingerprint density at radius 2 is 2.00 bits per heavy atom. The first-order chi connectivity index (χ1) is 5.93. The van der Waals surface area contributed by atoms with E-state index in [1.165, 1.54) is 45.1 Å². The van der Waals surface area contributed by atoms with Gasteiger partial charge in [0.15, 0.2) is 0 Å². The summed E-state index contributed by atoms with van der Waals surface area (Å²) in [6.07, 6.45) is 8.08. The van der Waals surface area contributed by atoms with Crippen molar-refractivity contribution in [3.05, 3.63) is 0 Å². The highest BCUT2D eigenvalue weighted by Crippen LogP contribution is 2.17. The minimum Gasteiger partial charge on any atom is -0.385 e. The summed E-state index contributed by atoms with van der Waals surface area (Å²) < 4.78 is 4.99.